The van der Waals surface area contributed by atoms with Crippen molar-refractivity contribution in [3.05, 3.63) is 70.8 Å². The maximum Gasteiger partial charge on any atom is 0.217 e. The van der Waals surface area contributed by atoms with Crippen LogP contribution in [0.25, 0.3) is 0 Å². The molecule has 1 aliphatic carbocycles. The molecule has 5 nitrogen and oxygen atoms in total. The number of rotatable bonds is 8. The lowest BCUT2D eigenvalue weighted by Gasteiger charge is -2.40. The molecule has 1 aliphatic rings. The van der Waals surface area contributed by atoms with Crippen LogP contribution < -0.4 is 10.6 Å². The van der Waals surface area contributed by atoms with Gasteiger partial charge in [-0.15, -0.1) is 0 Å². The molecule has 35 heavy (non-hydrogen) atoms. The molecule has 0 aromatic heterocycles. The molecule has 1 amide bonds. The predicted molar refractivity (Wildman–Crippen MR) is 132 cm³/mol. The third-order valence-corrected chi connectivity index (χ3v) is 6.82. The zero-order valence-corrected chi connectivity index (χ0v) is 21.0. The molecule has 1 saturated carbocycles. The van der Waals surface area contributed by atoms with Crippen LogP contribution in [0.4, 0.5) is 8.78 Å². The van der Waals surface area contributed by atoms with Gasteiger partial charge in [0.25, 0.3) is 0 Å². The zero-order chi connectivity index (χ0) is 25.8. The standard InChI is InChI=1S/C28H36F2N2O3/c1-18(33)32-25(14-19-12-22(29)16-23(30)13-19)26(35)17-31-28(10-8-24(34)9-11-28)21-7-5-6-20(15-21)27(2,3)4/h5-7,12-13,15-16,25-26,31,35H,8-11,14,17H2,1-4H3,(H,32,33)/t25-,26+/m0/s1. The summed E-state index contributed by atoms with van der Waals surface area (Å²) >= 11 is 0. The van der Waals surface area contributed by atoms with Gasteiger partial charge in [-0.3, -0.25) is 9.59 Å². The molecule has 2 aromatic carbocycles. The van der Waals surface area contributed by atoms with Gasteiger partial charge < -0.3 is 15.7 Å². The van der Waals surface area contributed by atoms with Gasteiger partial charge >= 0.3 is 0 Å². The van der Waals surface area contributed by atoms with Crippen molar-refractivity contribution in [1.29, 1.82) is 0 Å². The topological polar surface area (TPSA) is 78.4 Å². The fourth-order valence-corrected chi connectivity index (χ4v) is 4.78. The highest BCUT2D eigenvalue weighted by molar-refractivity contribution is 5.79. The van der Waals surface area contributed by atoms with E-state index >= 15 is 0 Å². The second-order valence-corrected chi connectivity index (χ2v) is 10.7. The quantitative estimate of drug-likeness (QED) is 0.520. The van der Waals surface area contributed by atoms with Crippen molar-refractivity contribution in [2.24, 2.45) is 0 Å². The Morgan fingerprint density at radius 2 is 1.71 bits per heavy atom. The number of carbonyl (C=O) groups is 2. The summed E-state index contributed by atoms with van der Waals surface area (Å²) in [5.74, 6) is -1.54. The molecule has 0 spiro atoms. The van der Waals surface area contributed by atoms with Crippen molar-refractivity contribution in [3.63, 3.8) is 0 Å². The highest BCUT2D eigenvalue weighted by Gasteiger charge is 2.37. The first kappa shape index (κ1) is 27.0. The van der Waals surface area contributed by atoms with Crippen molar-refractivity contribution < 1.29 is 23.5 Å². The number of ketones is 1. The Balaban J connectivity index is 1.83. The van der Waals surface area contributed by atoms with E-state index in [2.05, 4.69) is 43.5 Å². The number of benzene rings is 2. The van der Waals surface area contributed by atoms with Gasteiger partial charge in [0.1, 0.15) is 17.4 Å². The van der Waals surface area contributed by atoms with E-state index in [0.717, 1.165) is 11.6 Å². The Kier molecular flexibility index (Phi) is 8.44. The number of hydrogen-bond donors (Lipinski definition) is 3. The summed E-state index contributed by atoms with van der Waals surface area (Å²) in [5.41, 5.74) is 2.04. The molecule has 1 fully saturated rings. The van der Waals surface area contributed by atoms with Crippen molar-refractivity contribution in [3.8, 4) is 0 Å². The summed E-state index contributed by atoms with van der Waals surface area (Å²) in [5, 5.41) is 17.3. The van der Waals surface area contributed by atoms with E-state index in [-0.39, 0.29) is 30.1 Å². The third kappa shape index (κ3) is 7.18. The normalized spacial score (nSPS) is 17.6. The van der Waals surface area contributed by atoms with Crippen LogP contribution in [0.5, 0.6) is 0 Å². The van der Waals surface area contributed by atoms with Crippen LogP contribution in [0.3, 0.4) is 0 Å². The predicted octanol–water partition coefficient (Wildman–Crippen LogP) is 4.30. The number of carbonyl (C=O) groups excluding carboxylic acids is 2. The first-order valence-electron chi connectivity index (χ1n) is 12.2. The molecule has 0 unspecified atom stereocenters. The minimum absolute atomic E-state index is 0.0437. The Morgan fingerprint density at radius 3 is 2.29 bits per heavy atom. The highest BCUT2D eigenvalue weighted by Crippen LogP contribution is 2.37. The van der Waals surface area contributed by atoms with Crippen LogP contribution in [0.1, 0.15) is 70.1 Å². The average molecular weight is 487 g/mol. The number of halogens is 2. The summed E-state index contributed by atoms with van der Waals surface area (Å²) in [4.78, 5) is 23.9. The Labute approximate surface area is 206 Å². The average Bonchev–Trinajstić information content (AvgIpc) is 2.77. The van der Waals surface area contributed by atoms with Gasteiger partial charge in [0.05, 0.1) is 12.1 Å². The molecule has 3 rings (SSSR count). The molecule has 0 bridgehead atoms. The van der Waals surface area contributed by atoms with E-state index in [9.17, 15) is 23.5 Å². The van der Waals surface area contributed by atoms with Gasteiger partial charge in [-0.2, -0.15) is 0 Å². The third-order valence-electron chi connectivity index (χ3n) is 6.82. The van der Waals surface area contributed by atoms with Crippen LogP contribution in [-0.2, 0) is 27.0 Å². The maximum atomic E-state index is 13.7. The van der Waals surface area contributed by atoms with Gasteiger partial charge in [0.15, 0.2) is 0 Å². The van der Waals surface area contributed by atoms with Gasteiger partial charge in [0, 0.05) is 37.9 Å². The number of aliphatic hydroxyl groups is 1. The lowest BCUT2D eigenvalue weighted by molar-refractivity contribution is -0.122. The summed E-state index contributed by atoms with van der Waals surface area (Å²) in [6.07, 6.45) is 1.15. The monoisotopic (exact) mass is 486 g/mol. The molecular weight excluding hydrogens is 450 g/mol. The van der Waals surface area contributed by atoms with Crippen molar-refractivity contribution >= 4 is 11.7 Å². The summed E-state index contributed by atoms with van der Waals surface area (Å²) in [6.45, 7) is 7.91. The van der Waals surface area contributed by atoms with E-state index in [1.54, 1.807) is 0 Å². The number of amides is 1. The minimum atomic E-state index is -1.02. The molecule has 190 valence electrons. The van der Waals surface area contributed by atoms with Crippen molar-refractivity contribution in [1.82, 2.24) is 10.6 Å². The smallest absolute Gasteiger partial charge is 0.217 e. The highest BCUT2D eigenvalue weighted by atomic mass is 19.1. The van der Waals surface area contributed by atoms with Crippen molar-refractivity contribution in [2.75, 3.05) is 6.54 Å². The van der Waals surface area contributed by atoms with Crippen LogP contribution in [0.15, 0.2) is 42.5 Å². The molecule has 3 N–H and O–H groups in total. The van der Waals surface area contributed by atoms with E-state index in [1.165, 1.54) is 24.6 Å². The first-order valence-corrected chi connectivity index (χ1v) is 12.2. The second-order valence-electron chi connectivity index (χ2n) is 10.7. The van der Waals surface area contributed by atoms with Gasteiger partial charge in [-0.25, -0.2) is 8.78 Å². The molecule has 0 aliphatic heterocycles. The molecular formula is C28H36F2N2O3. The summed E-state index contributed by atoms with van der Waals surface area (Å²) < 4.78 is 27.4. The van der Waals surface area contributed by atoms with Crippen LogP contribution in [0, 0.1) is 11.6 Å². The fourth-order valence-electron chi connectivity index (χ4n) is 4.78. The van der Waals surface area contributed by atoms with Gasteiger partial charge in [-0.05, 0) is 53.5 Å². The Hall–Kier alpha value is -2.64. The summed E-state index contributed by atoms with van der Waals surface area (Å²) in [7, 11) is 0. The lowest BCUT2D eigenvalue weighted by atomic mass is 9.74. The summed E-state index contributed by atoms with van der Waals surface area (Å²) in [6, 6.07) is 10.8. The second kappa shape index (κ2) is 11.0. The molecule has 2 aromatic rings. The maximum absolute atomic E-state index is 13.7. The number of aliphatic hydroxyl groups excluding tert-OH is 1. The fraction of sp³-hybridized carbons (Fsp3) is 0.500. The molecule has 2 atom stereocenters. The van der Waals surface area contributed by atoms with Gasteiger partial charge in [-0.1, -0.05) is 45.0 Å². The molecule has 0 heterocycles. The van der Waals surface area contributed by atoms with E-state index in [1.807, 2.05) is 12.1 Å². The Bertz CT molecular complexity index is 1030. The number of hydrogen-bond acceptors (Lipinski definition) is 4. The number of Topliss-reactive ketones (excluding diaryl/α,β-unsaturated/α-hetero) is 1. The van der Waals surface area contributed by atoms with E-state index < -0.39 is 29.3 Å². The molecule has 0 saturated heterocycles. The largest absolute Gasteiger partial charge is 0.390 e. The van der Waals surface area contributed by atoms with Crippen molar-refractivity contribution in [2.45, 2.75) is 82.9 Å². The van der Waals surface area contributed by atoms with Crippen LogP contribution >= 0.6 is 0 Å². The minimum Gasteiger partial charge on any atom is -0.390 e. The van der Waals surface area contributed by atoms with Gasteiger partial charge in [0.2, 0.25) is 5.91 Å². The number of nitrogens with one attached hydrogen (secondary N) is 2. The van der Waals surface area contributed by atoms with E-state index in [0.29, 0.717) is 31.2 Å². The SMILES string of the molecule is CC(=O)N[C@@H](Cc1cc(F)cc(F)c1)[C@H](O)CNC1(c2cccc(C(C)(C)C)c2)CCC(=O)CC1. The Morgan fingerprint density at radius 1 is 1.09 bits per heavy atom. The molecule has 0 radical (unpaired) electrons. The lowest BCUT2D eigenvalue weighted by Crippen LogP contribution is -2.53. The molecule has 7 heteroatoms. The first-order chi connectivity index (χ1) is 16.4. The zero-order valence-electron chi connectivity index (χ0n) is 21.0. The van der Waals surface area contributed by atoms with Crippen LogP contribution in [-0.4, -0.2) is 35.5 Å². The van der Waals surface area contributed by atoms with E-state index in [4.69, 9.17) is 0 Å². The van der Waals surface area contributed by atoms with Crippen LogP contribution in [0.2, 0.25) is 0 Å².